The zero-order valence-corrected chi connectivity index (χ0v) is 17.7. The monoisotopic (exact) mass is 396 g/mol. The molecule has 2 aliphatic heterocycles. The number of carbonyl (C=O) groups is 1. The maximum Gasteiger partial charge on any atom is 0.224 e. The van der Waals surface area contributed by atoms with Gasteiger partial charge in [-0.05, 0) is 58.2 Å². The van der Waals surface area contributed by atoms with E-state index in [1.54, 1.807) is 6.20 Å². The number of imidazole rings is 1. The predicted octanol–water partition coefficient (Wildman–Crippen LogP) is 3.12. The van der Waals surface area contributed by atoms with Gasteiger partial charge in [0.15, 0.2) is 5.82 Å². The van der Waals surface area contributed by atoms with Gasteiger partial charge in [-0.3, -0.25) is 4.79 Å². The molecule has 2 aromatic rings. The number of carbonyl (C=O) groups excluding carboxylic acids is 1. The van der Waals surface area contributed by atoms with Crippen molar-refractivity contribution in [2.45, 2.75) is 57.9 Å². The Morgan fingerprint density at radius 1 is 1.10 bits per heavy atom. The van der Waals surface area contributed by atoms with Crippen LogP contribution in [0.3, 0.4) is 0 Å². The van der Waals surface area contributed by atoms with E-state index >= 15 is 0 Å². The second-order valence-corrected chi connectivity index (χ2v) is 8.34. The molecule has 0 spiro atoms. The lowest BCUT2D eigenvalue weighted by atomic mass is 9.98. The molecule has 2 aliphatic rings. The Kier molecular flexibility index (Phi) is 6.23. The molecule has 7 nitrogen and oxygen atoms in total. The van der Waals surface area contributed by atoms with Crippen LogP contribution in [-0.4, -0.2) is 61.4 Å². The molecule has 1 amide bonds. The first-order valence-electron chi connectivity index (χ1n) is 11.0. The molecule has 156 valence electrons. The molecule has 0 N–H and O–H groups in total. The Morgan fingerprint density at radius 3 is 2.66 bits per heavy atom. The standard InChI is InChI=1S/C22H32N6O/c1-17-24-18(16-19(25-17)22-23-10-15-26(22)2)20-8-4-7-13-28(20)21(29)9-14-27-11-5-3-6-12-27/h10,15-16,20H,3-9,11-14H2,1-2H3/t20-/m1/s1. The number of likely N-dealkylation sites (tertiary alicyclic amines) is 2. The minimum atomic E-state index is 0.0401. The number of nitrogens with zero attached hydrogens (tertiary/aromatic N) is 6. The van der Waals surface area contributed by atoms with Crippen LogP contribution in [0, 0.1) is 6.92 Å². The van der Waals surface area contributed by atoms with Gasteiger partial charge in [-0.2, -0.15) is 0 Å². The molecule has 0 aromatic carbocycles. The average Bonchev–Trinajstić information content (AvgIpc) is 3.18. The van der Waals surface area contributed by atoms with Crippen molar-refractivity contribution >= 4 is 5.91 Å². The molecule has 0 aliphatic carbocycles. The summed E-state index contributed by atoms with van der Waals surface area (Å²) in [5.74, 6) is 1.82. The lowest BCUT2D eigenvalue weighted by Gasteiger charge is -2.36. The van der Waals surface area contributed by atoms with Crippen LogP contribution >= 0.6 is 0 Å². The van der Waals surface area contributed by atoms with Crippen molar-refractivity contribution in [2.75, 3.05) is 26.2 Å². The Hall–Kier alpha value is -2.28. The van der Waals surface area contributed by atoms with Crippen LogP contribution in [-0.2, 0) is 11.8 Å². The Labute approximate surface area is 173 Å². The molecule has 29 heavy (non-hydrogen) atoms. The molecule has 1 atom stereocenters. The van der Waals surface area contributed by atoms with Gasteiger partial charge in [-0.1, -0.05) is 6.42 Å². The topological polar surface area (TPSA) is 67.2 Å². The predicted molar refractivity (Wildman–Crippen MR) is 112 cm³/mol. The molecular formula is C22H32N6O. The van der Waals surface area contributed by atoms with Crippen LogP contribution in [0.5, 0.6) is 0 Å². The Bertz CT molecular complexity index is 842. The fraction of sp³-hybridized carbons (Fsp3) is 0.636. The van der Waals surface area contributed by atoms with Crippen LogP contribution in [0.1, 0.15) is 62.5 Å². The van der Waals surface area contributed by atoms with Crippen LogP contribution in [0.15, 0.2) is 18.5 Å². The summed E-state index contributed by atoms with van der Waals surface area (Å²) in [5.41, 5.74) is 1.77. The summed E-state index contributed by atoms with van der Waals surface area (Å²) < 4.78 is 1.97. The highest BCUT2D eigenvalue weighted by Gasteiger charge is 2.30. The minimum Gasteiger partial charge on any atom is -0.334 e. The van der Waals surface area contributed by atoms with E-state index < -0.39 is 0 Å². The zero-order valence-electron chi connectivity index (χ0n) is 17.7. The average molecular weight is 397 g/mol. The normalized spacial score (nSPS) is 20.8. The summed E-state index contributed by atoms with van der Waals surface area (Å²) in [5, 5.41) is 0. The maximum atomic E-state index is 13.1. The van der Waals surface area contributed by atoms with Crippen molar-refractivity contribution in [2.24, 2.45) is 7.05 Å². The van der Waals surface area contributed by atoms with E-state index in [9.17, 15) is 4.79 Å². The fourth-order valence-electron chi connectivity index (χ4n) is 4.61. The van der Waals surface area contributed by atoms with Crippen molar-refractivity contribution in [3.63, 3.8) is 0 Å². The molecule has 4 rings (SSSR count). The largest absolute Gasteiger partial charge is 0.334 e. The highest BCUT2D eigenvalue weighted by Crippen LogP contribution is 2.32. The van der Waals surface area contributed by atoms with Gasteiger partial charge in [0.05, 0.1) is 11.7 Å². The highest BCUT2D eigenvalue weighted by molar-refractivity contribution is 5.77. The van der Waals surface area contributed by atoms with Crippen molar-refractivity contribution in [1.82, 2.24) is 29.3 Å². The van der Waals surface area contributed by atoms with Gasteiger partial charge < -0.3 is 14.4 Å². The third-order valence-corrected chi connectivity index (χ3v) is 6.16. The second kappa shape index (κ2) is 9.03. The highest BCUT2D eigenvalue weighted by atomic mass is 16.2. The Morgan fingerprint density at radius 2 is 1.90 bits per heavy atom. The lowest BCUT2D eigenvalue weighted by Crippen LogP contribution is -2.41. The van der Waals surface area contributed by atoms with Gasteiger partial charge in [0.1, 0.15) is 11.5 Å². The minimum absolute atomic E-state index is 0.0401. The second-order valence-electron chi connectivity index (χ2n) is 8.34. The molecule has 2 fully saturated rings. The smallest absolute Gasteiger partial charge is 0.224 e. The van der Waals surface area contributed by atoms with Gasteiger partial charge >= 0.3 is 0 Å². The summed E-state index contributed by atoms with van der Waals surface area (Å²) in [7, 11) is 1.97. The lowest BCUT2D eigenvalue weighted by molar-refractivity contribution is -0.135. The molecule has 7 heteroatoms. The van der Waals surface area contributed by atoms with E-state index in [1.807, 2.05) is 30.8 Å². The van der Waals surface area contributed by atoms with Gasteiger partial charge in [-0.25, -0.2) is 15.0 Å². The molecule has 0 radical (unpaired) electrons. The van der Waals surface area contributed by atoms with Gasteiger partial charge in [0.25, 0.3) is 0 Å². The van der Waals surface area contributed by atoms with Crippen molar-refractivity contribution in [3.8, 4) is 11.5 Å². The van der Waals surface area contributed by atoms with Crippen LogP contribution in [0.4, 0.5) is 0 Å². The van der Waals surface area contributed by atoms with Crippen molar-refractivity contribution in [3.05, 3.63) is 30.0 Å². The summed E-state index contributed by atoms with van der Waals surface area (Å²) in [6, 6.07) is 2.06. The molecule has 2 saturated heterocycles. The number of piperidine rings is 2. The van der Waals surface area contributed by atoms with E-state index in [4.69, 9.17) is 4.98 Å². The fourth-order valence-corrected chi connectivity index (χ4v) is 4.61. The van der Waals surface area contributed by atoms with Gasteiger partial charge in [0, 0.05) is 39.0 Å². The quantitative estimate of drug-likeness (QED) is 0.777. The number of hydrogen-bond donors (Lipinski definition) is 0. The molecule has 4 heterocycles. The van der Waals surface area contributed by atoms with Crippen LogP contribution in [0.2, 0.25) is 0 Å². The summed E-state index contributed by atoms with van der Waals surface area (Å²) >= 11 is 0. The van der Waals surface area contributed by atoms with Crippen molar-refractivity contribution in [1.29, 1.82) is 0 Å². The summed E-state index contributed by atoms with van der Waals surface area (Å²) in [4.78, 5) is 31.4. The zero-order chi connectivity index (χ0) is 20.2. The maximum absolute atomic E-state index is 13.1. The van der Waals surface area contributed by atoms with Crippen LogP contribution < -0.4 is 0 Å². The van der Waals surface area contributed by atoms with E-state index in [2.05, 4.69) is 19.8 Å². The van der Waals surface area contributed by atoms with E-state index in [-0.39, 0.29) is 11.9 Å². The molecule has 2 aromatic heterocycles. The Balaban J connectivity index is 1.51. The van der Waals surface area contributed by atoms with Gasteiger partial charge in [-0.15, -0.1) is 0 Å². The first-order chi connectivity index (χ1) is 14.1. The molecule has 0 bridgehead atoms. The number of rotatable bonds is 5. The van der Waals surface area contributed by atoms with Crippen LogP contribution in [0.25, 0.3) is 11.5 Å². The molecule has 0 unspecified atom stereocenters. The summed E-state index contributed by atoms with van der Waals surface area (Å²) in [6.45, 7) is 5.89. The first-order valence-corrected chi connectivity index (χ1v) is 11.0. The van der Waals surface area contributed by atoms with E-state index in [0.29, 0.717) is 6.42 Å². The third-order valence-electron chi connectivity index (χ3n) is 6.16. The number of hydrogen-bond acceptors (Lipinski definition) is 5. The van der Waals surface area contributed by atoms with Crippen molar-refractivity contribution < 1.29 is 4.79 Å². The number of aromatic nitrogens is 4. The number of aryl methyl sites for hydroxylation is 2. The molecule has 0 saturated carbocycles. The first kappa shape index (κ1) is 20.0. The SMILES string of the molecule is Cc1nc(-c2nccn2C)cc([C@H]2CCCCN2C(=O)CCN2CCCCC2)n1. The van der Waals surface area contributed by atoms with E-state index in [0.717, 1.165) is 68.5 Å². The molecular weight excluding hydrogens is 364 g/mol. The summed E-state index contributed by atoms with van der Waals surface area (Å²) in [6.07, 6.45) is 11.3. The van der Waals surface area contributed by atoms with E-state index in [1.165, 1.54) is 19.3 Å². The number of amides is 1. The van der Waals surface area contributed by atoms with Gasteiger partial charge in [0.2, 0.25) is 5.91 Å². The third kappa shape index (κ3) is 4.66.